The smallest absolute Gasteiger partial charge is 0.131 e. The number of rotatable bonds is 1. The van der Waals surface area contributed by atoms with Gasteiger partial charge >= 0.3 is 0 Å². The van der Waals surface area contributed by atoms with Crippen LogP contribution >= 0.6 is 0 Å². The summed E-state index contributed by atoms with van der Waals surface area (Å²) in [6.07, 6.45) is 1.65. The summed E-state index contributed by atoms with van der Waals surface area (Å²) in [6.45, 7) is 0.874. The molecule has 0 saturated carbocycles. The molecule has 0 N–H and O–H groups in total. The number of hydrogen-bond donors (Lipinski definition) is 0. The molecule has 0 radical (unpaired) electrons. The first-order valence-corrected chi connectivity index (χ1v) is 4.29. The number of ether oxygens (including phenoxy) is 2. The molecule has 2 nitrogen and oxygen atoms in total. The zero-order chi connectivity index (χ0) is 7.97. The fourth-order valence-electron chi connectivity index (χ4n) is 1.69. The van der Waals surface area contributed by atoms with E-state index < -0.39 is 0 Å². The lowest BCUT2D eigenvalue weighted by atomic mass is 10.1. The Hall–Kier alpha value is -1.02. The molecule has 2 aliphatic heterocycles. The fraction of sp³-hybridized carbons (Fsp3) is 0.400. The van der Waals surface area contributed by atoms with E-state index in [2.05, 4.69) is 12.1 Å². The standard InChI is InChI=1S/C10H10O2/c1-2-4-8-7(3-1)5-9(12-8)10-6-11-10/h1-4,9-10H,5-6H2/t9-,10+/m1/s1. The van der Waals surface area contributed by atoms with Crippen molar-refractivity contribution in [3.8, 4) is 5.75 Å². The van der Waals surface area contributed by atoms with Crippen molar-refractivity contribution in [1.82, 2.24) is 0 Å². The van der Waals surface area contributed by atoms with Crippen molar-refractivity contribution in [3.63, 3.8) is 0 Å². The Labute approximate surface area is 71.1 Å². The first-order chi connectivity index (χ1) is 5.93. The molecule has 1 saturated heterocycles. The van der Waals surface area contributed by atoms with Crippen LogP contribution in [0.25, 0.3) is 0 Å². The summed E-state index contributed by atoms with van der Waals surface area (Å²) < 4.78 is 10.9. The van der Waals surface area contributed by atoms with Crippen LogP contribution < -0.4 is 4.74 Å². The summed E-state index contributed by atoms with van der Waals surface area (Å²) in [5, 5.41) is 0. The van der Waals surface area contributed by atoms with Gasteiger partial charge in [-0.3, -0.25) is 0 Å². The topological polar surface area (TPSA) is 21.8 Å². The van der Waals surface area contributed by atoms with Crippen LogP contribution in [0.2, 0.25) is 0 Å². The molecule has 1 aromatic rings. The number of para-hydroxylation sites is 1. The first-order valence-electron chi connectivity index (χ1n) is 4.29. The third-order valence-electron chi connectivity index (χ3n) is 2.45. The summed E-state index contributed by atoms with van der Waals surface area (Å²) in [6, 6.07) is 8.21. The van der Waals surface area contributed by atoms with Crippen LogP contribution in [0.1, 0.15) is 5.56 Å². The van der Waals surface area contributed by atoms with Crippen molar-refractivity contribution in [1.29, 1.82) is 0 Å². The minimum absolute atomic E-state index is 0.280. The Kier molecular flexibility index (Phi) is 1.21. The third-order valence-corrected chi connectivity index (χ3v) is 2.45. The monoisotopic (exact) mass is 162 g/mol. The highest BCUT2D eigenvalue weighted by molar-refractivity contribution is 5.37. The minimum Gasteiger partial charge on any atom is -0.487 e. The second kappa shape index (κ2) is 2.23. The zero-order valence-electron chi connectivity index (χ0n) is 6.69. The highest BCUT2D eigenvalue weighted by atomic mass is 16.6. The van der Waals surface area contributed by atoms with Crippen LogP contribution in [-0.2, 0) is 11.2 Å². The van der Waals surface area contributed by atoms with E-state index in [0.717, 1.165) is 18.8 Å². The summed E-state index contributed by atoms with van der Waals surface area (Å²) in [4.78, 5) is 0. The zero-order valence-corrected chi connectivity index (χ0v) is 6.69. The SMILES string of the molecule is c1ccc2c(c1)C[C@H]([C@@H]1CO1)O2. The van der Waals surface area contributed by atoms with E-state index in [1.54, 1.807) is 0 Å². The summed E-state index contributed by atoms with van der Waals surface area (Å²) in [7, 11) is 0. The number of fused-ring (bicyclic) bond motifs is 1. The van der Waals surface area contributed by atoms with Crippen LogP contribution in [0.15, 0.2) is 24.3 Å². The van der Waals surface area contributed by atoms with Crippen molar-refractivity contribution in [2.45, 2.75) is 18.6 Å². The predicted octanol–water partition coefficient (Wildman–Crippen LogP) is 1.39. The largest absolute Gasteiger partial charge is 0.487 e. The van der Waals surface area contributed by atoms with Crippen molar-refractivity contribution in [2.24, 2.45) is 0 Å². The van der Waals surface area contributed by atoms with Gasteiger partial charge in [-0.2, -0.15) is 0 Å². The fourth-order valence-corrected chi connectivity index (χ4v) is 1.69. The number of epoxide rings is 1. The van der Waals surface area contributed by atoms with Crippen LogP contribution in [0.3, 0.4) is 0 Å². The molecule has 1 aromatic carbocycles. The third kappa shape index (κ3) is 0.916. The molecule has 3 rings (SSSR count). The van der Waals surface area contributed by atoms with Gasteiger partial charge in [-0.25, -0.2) is 0 Å². The summed E-state index contributed by atoms with van der Waals surface area (Å²) >= 11 is 0. The molecular weight excluding hydrogens is 152 g/mol. The molecule has 0 spiro atoms. The predicted molar refractivity (Wildman–Crippen MR) is 44.3 cm³/mol. The van der Waals surface area contributed by atoms with Gasteiger partial charge in [-0.1, -0.05) is 18.2 Å². The molecule has 0 bridgehead atoms. The van der Waals surface area contributed by atoms with Crippen LogP contribution in [0, 0.1) is 0 Å². The van der Waals surface area contributed by atoms with Crippen molar-refractivity contribution < 1.29 is 9.47 Å². The minimum atomic E-state index is 0.280. The van der Waals surface area contributed by atoms with Crippen molar-refractivity contribution >= 4 is 0 Å². The Morgan fingerprint density at radius 1 is 1.17 bits per heavy atom. The maximum Gasteiger partial charge on any atom is 0.131 e. The molecule has 0 aliphatic carbocycles. The van der Waals surface area contributed by atoms with Crippen LogP contribution in [-0.4, -0.2) is 18.8 Å². The van der Waals surface area contributed by atoms with Crippen LogP contribution in [0.4, 0.5) is 0 Å². The Balaban J connectivity index is 1.89. The van der Waals surface area contributed by atoms with E-state index >= 15 is 0 Å². The Morgan fingerprint density at radius 2 is 2.00 bits per heavy atom. The van der Waals surface area contributed by atoms with Gasteiger partial charge in [0.2, 0.25) is 0 Å². The molecule has 1 fully saturated rings. The molecule has 62 valence electrons. The molecular formula is C10H10O2. The summed E-state index contributed by atoms with van der Waals surface area (Å²) in [5.41, 5.74) is 1.32. The highest BCUT2D eigenvalue weighted by Crippen LogP contribution is 2.33. The van der Waals surface area contributed by atoms with Gasteiger partial charge in [-0.15, -0.1) is 0 Å². The highest BCUT2D eigenvalue weighted by Gasteiger charge is 2.38. The van der Waals surface area contributed by atoms with E-state index in [4.69, 9.17) is 9.47 Å². The van der Waals surface area contributed by atoms with E-state index in [9.17, 15) is 0 Å². The second-order valence-electron chi connectivity index (χ2n) is 3.34. The van der Waals surface area contributed by atoms with Gasteiger partial charge in [0.25, 0.3) is 0 Å². The van der Waals surface area contributed by atoms with Crippen molar-refractivity contribution in [2.75, 3.05) is 6.61 Å². The van der Waals surface area contributed by atoms with Gasteiger partial charge in [-0.05, 0) is 11.6 Å². The van der Waals surface area contributed by atoms with Gasteiger partial charge in [0.05, 0.1) is 6.61 Å². The Bertz CT molecular complexity index is 279. The normalized spacial score (nSPS) is 31.0. The first kappa shape index (κ1) is 6.49. The molecule has 2 heterocycles. The Morgan fingerprint density at radius 3 is 2.75 bits per heavy atom. The van der Waals surface area contributed by atoms with E-state index in [1.807, 2.05) is 12.1 Å². The van der Waals surface area contributed by atoms with Crippen LogP contribution in [0.5, 0.6) is 5.75 Å². The molecule has 2 aliphatic rings. The summed E-state index contributed by atoms with van der Waals surface area (Å²) in [5.74, 6) is 1.04. The molecule has 0 aromatic heterocycles. The van der Waals surface area contributed by atoms with E-state index in [0.29, 0.717) is 6.10 Å². The van der Waals surface area contributed by atoms with Gasteiger partial charge in [0.15, 0.2) is 0 Å². The van der Waals surface area contributed by atoms with E-state index in [-0.39, 0.29) is 6.10 Å². The average Bonchev–Trinajstić information content (AvgIpc) is 2.85. The molecule has 2 atom stereocenters. The molecule has 2 heteroatoms. The second-order valence-corrected chi connectivity index (χ2v) is 3.34. The lowest BCUT2D eigenvalue weighted by molar-refractivity contribution is 0.184. The molecule has 0 amide bonds. The number of hydrogen-bond acceptors (Lipinski definition) is 2. The van der Waals surface area contributed by atoms with Gasteiger partial charge in [0.1, 0.15) is 18.0 Å². The molecule has 0 unspecified atom stereocenters. The maximum absolute atomic E-state index is 5.71. The van der Waals surface area contributed by atoms with Crippen molar-refractivity contribution in [3.05, 3.63) is 29.8 Å². The van der Waals surface area contributed by atoms with Gasteiger partial charge < -0.3 is 9.47 Å². The lowest BCUT2D eigenvalue weighted by Gasteiger charge is -2.05. The number of benzene rings is 1. The lowest BCUT2D eigenvalue weighted by Crippen LogP contribution is -2.19. The van der Waals surface area contributed by atoms with E-state index in [1.165, 1.54) is 5.56 Å². The quantitative estimate of drug-likeness (QED) is 0.582. The van der Waals surface area contributed by atoms with Gasteiger partial charge in [0, 0.05) is 6.42 Å². The molecule has 12 heavy (non-hydrogen) atoms. The average molecular weight is 162 g/mol. The maximum atomic E-state index is 5.71.